The van der Waals surface area contributed by atoms with E-state index in [0.717, 1.165) is 17.4 Å². The fourth-order valence-corrected chi connectivity index (χ4v) is 5.98. The van der Waals surface area contributed by atoms with E-state index >= 15 is 0 Å². The Morgan fingerprint density at radius 1 is 1.09 bits per heavy atom. The first kappa shape index (κ1) is 26.2. The molecule has 2 fully saturated rings. The predicted molar refractivity (Wildman–Crippen MR) is 138 cm³/mol. The lowest BCUT2D eigenvalue weighted by atomic mass is 9.66. The van der Waals surface area contributed by atoms with Crippen LogP contribution in [0.3, 0.4) is 0 Å². The smallest absolute Gasteiger partial charge is 0.229 e. The summed E-state index contributed by atoms with van der Waals surface area (Å²) in [4.78, 5) is 28.3. The van der Waals surface area contributed by atoms with Gasteiger partial charge in [0.25, 0.3) is 0 Å². The van der Waals surface area contributed by atoms with Crippen LogP contribution >= 0.6 is 23.2 Å². The Morgan fingerprint density at radius 2 is 1.80 bits per heavy atom. The minimum atomic E-state index is -0.749. The second-order valence-electron chi connectivity index (χ2n) is 10.4. The van der Waals surface area contributed by atoms with Crippen LogP contribution in [-0.4, -0.2) is 41.6 Å². The average molecular weight is 518 g/mol. The Kier molecular flexibility index (Phi) is 7.63. The quantitative estimate of drug-likeness (QED) is 0.389. The van der Waals surface area contributed by atoms with Crippen LogP contribution in [0.4, 0.5) is 0 Å². The zero-order chi connectivity index (χ0) is 25.4. The van der Waals surface area contributed by atoms with E-state index < -0.39 is 17.2 Å². The molecular weight excluding hydrogens is 485 g/mol. The largest absolute Gasteiger partial charge is 0.348 e. The van der Waals surface area contributed by atoms with E-state index in [9.17, 15) is 9.59 Å². The molecule has 0 N–H and O–H groups in total. The van der Waals surface area contributed by atoms with Crippen molar-refractivity contribution in [3.63, 3.8) is 0 Å². The van der Waals surface area contributed by atoms with Crippen LogP contribution in [0.15, 0.2) is 48.5 Å². The van der Waals surface area contributed by atoms with Crippen LogP contribution in [-0.2, 0) is 19.1 Å². The number of aldehydes is 1. The monoisotopic (exact) mass is 517 g/mol. The molecule has 2 aliphatic heterocycles. The molecule has 2 saturated heterocycles. The van der Waals surface area contributed by atoms with Gasteiger partial charge < -0.3 is 19.2 Å². The highest BCUT2D eigenvalue weighted by atomic mass is 35.5. The van der Waals surface area contributed by atoms with Gasteiger partial charge in [0, 0.05) is 21.4 Å². The Labute approximate surface area is 217 Å². The summed E-state index contributed by atoms with van der Waals surface area (Å²) in [5.74, 6) is -0.796. The van der Waals surface area contributed by atoms with Crippen molar-refractivity contribution in [2.24, 2.45) is 5.41 Å². The van der Waals surface area contributed by atoms with Crippen molar-refractivity contribution in [3.8, 4) is 0 Å². The molecule has 0 aromatic heterocycles. The highest BCUT2D eigenvalue weighted by Gasteiger charge is 2.53. The maximum atomic E-state index is 14.3. The highest BCUT2D eigenvalue weighted by molar-refractivity contribution is 6.30. The van der Waals surface area contributed by atoms with Gasteiger partial charge in [0.15, 0.2) is 5.79 Å². The van der Waals surface area contributed by atoms with E-state index in [1.54, 1.807) is 4.90 Å². The first-order valence-corrected chi connectivity index (χ1v) is 12.9. The highest BCUT2D eigenvalue weighted by Crippen LogP contribution is 2.53. The van der Waals surface area contributed by atoms with Gasteiger partial charge in [-0.3, -0.25) is 4.79 Å². The lowest BCUT2D eigenvalue weighted by Crippen LogP contribution is -2.56. The molecular formula is C28H33Cl2NO4. The van der Waals surface area contributed by atoms with Crippen LogP contribution in [0.25, 0.3) is 0 Å². The fourth-order valence-electron chi connectivity index (χ4n) is 5.66. The number of benzene rings is 2. The van der Waals surface area contributed by atoms with Crippen LogP contribution in [0.2, 0.25) is 10.0 Å². The summed E-state index contributed by atoms with van der Waals surface area (Å²) in [5, 5.41) is 1.26. The van der Waals surface area contributed by atoms with Gasteiger partial charge in [-0.1, -0.05) is 61.3 Å². The number of ether oxygens (including phenoxy) is 2. The maximum Gasteiger partial charge on any atom is 0.229 e. The number of hydrogen-bond donors (Lipinski definition) is 0. The van der Waals surface area contributed by atoms with E-state index in [0.29, 0.717) is 35.9 Å². The van der Waals surface area contributed by atoms with Crippen molar-refractivity contribution in [1.29, 1.82) is 0 Å². The van der Waals surface area contributed by atoms with Crippen molar-refractivity contribution >= 4 is 35.4 Å². The lowest BCUT2D eigenvalue weighted by Gasteiger charge is -2.51. The molecule has 7 heteroatoms. The van der Waals surface area contributed by atoms with Crippen molar-refractivity contribution in [1.82, 2.24) is 4.90 Å². The number of hydrogen-bond acceptors (Lipinski definition) is 4. The van der Waals surface area contributed by atoms with Crippen LogP contribution < -0.4 is 0 Å². The van der Waals surface area contributed by atoms with Crippen LogP contribution in [0, 0.1) is 5.41 Å². The molecule has 0 radical (unpaired) electrons. The minimum absolute atomic E-state index is 0.0389. The third-order valence-corrected chi connectivity index (χ3v) is 7.76. The molecule has 1 unspecified atom stereocenters. The topological polar surface area (TPSA) is 55.8 Å². The van der Waals surface area contributed by atoms with Gasteiger partial charge in [-0.25, -0.2) is 0 Å². The van der Waals surface area contributed by atoms with E-state index in [2.05, 4.69) is 0 Å². The normalized spacial score (nSPS) is 29.3. The molecule has 2 aromatic rings. The molecule has 4 rings (SSSR count). The summed E-state index contributed by atoms with van der Waals surface area (Å²) in [7, 11) is 0. The third kappa shape index (κ3) is 5.43. The second-order valence-corrected chi connectivity index (χ2v) is 11.3. The number of carbonyl (C=O) groups excluding carboxylic acids is 2. The van der Waals surface area contributed by atoms with Gasteiger partial charge in [0.2, 0.25) is 5.91 Å². The number of nitrogens with zero attached hydrogens (tertiary/aromatic N) is 1. The first-order valence-electron chi connectivity index (χ1n) is 12.2. The molecule has 0 spiro atoms. The van der Waals surface area contributed by atoms with E-state index in [-0.39, 0.29) is 24.0 Å². The van der Waals surface area contributed by atoms with Crippen LogP contribution in [0.5, 0.6) is 0 Å². The number of likely N-dealkylation sites (tertiary alicyclic amines) is 1. The Morgan fingerprint density at radius 3 is 2.37 bits per heavy atom. The number of rotatable bonds is 7. The second kappa shape index (κ2) is 10.2. The van der Waals surface area contributed by atoms with Crippen LogP contribution in [0.1, 0.15) is 70.0 Å². The molecule has 2 aliphatic rings. The predicted octanol–water partition coefficient (Wildman–Crippen LogP) is 6.58. The Hall–Kier alpha value is -1.92. The third-order valence-electron chi connectivity index (χ3n) is 7.27. The first-order chi connectivity index (χ1) is 16.6. The summed E-state index contributed by atoms with van der Waals surface area (Å²) in [6.45, 7) is 8.12. The van der Waals surface area contributed by atoms with Crippen molar-refractivity contribution in [2.45, 2.75) is 76.9 Å². The van der Waals surface area contributed by atoms with Gasteiger partial charge in [-0.05, 0) is 68.5 Å². The molecule has 0 saturated carbocycles. The SMILES string of the molecule is CC[C@@H](C=O)N1C(=O)[C@@](C)(CC2COC(C)(C)O2)C[C@H](c2cccc(Cl)c2)[C@H]1c1ccc(Cl)cc1. The molecule has 35 heavy (non-hydrogen) atoms. The maximum absolute atomic E-state index is 14.3. The Bertz CT molecular complexity index is 1070. The standard InChI is InChI=1S/C28H33Cl2NO4/c1-5-22(16-32)31-25(18-9-11-20(29)12-10-18)24(19-7-6-8-21(30)13-19)15-28(4,26(31)33)14-23-17-34-27(2,3)35-23/h6-13,16,22-25H,5,14-15,17H2,1-4H3/t22-,23?,24+,25+,28-/m0/s1. The summed E-state index contributed by atoms with van der Waals surface area (Å²) >= 11 is 12.6. The Balaban J connectivity index is 1.83. The summed E-state index contributed by atoms with van der Waals surface area (Å²) < 4.78 is 11.9. The van der Waals surface area contributed by atoms with Gasteiger partial charge in [-0.2, -0.15) is 0 Å². The van der Waals surface area contributed by atoms with E-state index in [4.69, 9.17) is 32.7 Å². The van der Waals surface area contributed by atoms with Gasteiger partial charge >= 0.3 is 0 Å². The molecule has 2 aromatic carbocycles. The van der Waals surface area contributed by atoms with Gasteiger partial charge in [0.1, 0.15) is 6.29 Å². The van der Waals surface area contributed by atoms with Gasteiger partial charge in [-0.15, -0.1) is 0 Å². The molecule has 0 aliphatic carbocycles. The van der Waals surface area contributed by atoms with Gasteiger partial charge in [0.05, 0.1) is 24.8 Å². The molecule has 1 amide bonds. The van der Waals surface area contributed by atoms with Crippen molar-refractivity contribution in [2.75, 3.05) is 6.61 Å². The molecule has 188 valence electrons. The zero-order valence-corrected chi connectivity index (χ0v) is 22.2. The van der Waals surface area contributed by atoms with E-state index in [1.807, 2.05) is 76.2 Å². The summed E-state index contributed by atoms with van der Waals surface area (Å²) in [6, 6.07) is 14.5. The van der Waals surface area contributed by atoms with Crippen molar-refractivity contribution < 1.29 is 19.1 Å². The van der Waals surface area contributed by atoms with E-state index in [1.165, 1.54) is 0 Å². The number of carbonyl (C=O) groups is 2. The zero-order valence-electron chi connectivity index (χ0n) is 20.7. The summed E-state index contributed by atoms with van der Waals surface area (Å²) in [5.41, 5.74) is 1.23. The molecule has 5 atom stereocenters. The number of halogens is 2. The molecule has 0 bridgehead atoms. The average Bonchev–Trinajstić information content (AvgIpc) is 3.15. The summed E-state index contributed by atoms with van der Waals surface area (Å²) in [6.07, 6.45) is 2.30. The number of amides is 1. The molecule has 5 nitrogen and oxygen atoms in total. The molecule has 2 heterocycles. The lowest BCUT2D eigenvalue weighted by molar-refractivity contribution is -0.163. The van der Waals surface area contributed by atoms with Crippen molar-refractivity contribution in [3.05, 3.63) is 69.7 Å². The number of piperidine rings is 1. The minimum Gasteiger partial charge on any atom is -0.348 e. The fraction of sp³-hybridized carbons (Fsp3) is 0.500.